The van der Waals surface area contributed by atoms with Gasteiger partial charge in [0.05, 0.1) is 12.7 Å². The molecule has 0 radical (unpaired) electrons. The summed E-state index contributed by atoms with van der Waals surface area (Å²) in [5, 5.41) is 0. The smallest absolute Gasteiger partial charge is 0.387 e. The number of esters is 1. The van der Waals surface area contributed by atoms with Gasteiger partial charge in [-0.2, -0.15) is 8.78 Å². The zero-order valence-electron chi connectivity index (χ0n) is 11.8. The Bertz CT molecular complexity index is 629. The van der Waals surface area contributed by atoms with Crippen LogP contribution in [-0.4, -0.2) is 19.7 Å². The average Bonchev–Trinajstić information content (AvgIpc) is 2.53. The average molecular weight is 308 g/mol. The Kier molecular flexibility index (Phi) is 5.30. The second kappa shape index (κ2) is 7.40. The maximum absolute atomic E-state index is 12.4. The highest BCUT2D eigenvalue weighted by atomic mass is 19.3. The summed E-state index contributed by atoms with van der Waals surface area (Å²) < 4.78 is 39.3. The molecule has 22 heavy (non-hydrogen) atoms. The maximum Gasteiger partial charge on any atom is 0.387 e. The van der Waals surface area contributed by atoms with Gasteiger partial charge < -0.3 is 14.2 Å². The van der Waals surface area contributed by atoms with Crippen molar-refractivity contribution in [2.75, 3.05) is 7.11 Å². The molecular weight excluding hydrogens is 294 g/mol. The molecule has 2 aromatic rings. The van der Waals surface area contributed by atoms with E-state index in [4.69, 9.17) is 4.74 Å². The van der Waals surface area contributed by atoms with Crippen LogP contribution in [0, 0.1) is 0 Å². The van der Waals surface area contributed by atoms with Crippen LogP contribution in [0.3, 0.4) is 0 Å². The molecule has 0 amide bonds. The van der Waals surface area contributed by atoms with Crippen LogP contribution in [0.15, 0.2) is 48.5 Å². The molecule has 0 aliphatic heterocycles. The number of carbonyl (C=O) groups is 1. The van der Waals surface area contributed by atoms with Crippen molar-refractivity contribution in [2.24, 2.45) is 0 Å². The fraction of sp³-hybridized carbons (Fsp3) is 0.188. The predicted molar refractivity (Wildman–Crippen MR) is 75.2 cm³/mol. The molecule has 0 aliphatic rings. The molecule has 0 saturated heterocycles. The van der Waals surface area contributed by atoms with Crippen LogP contribution in [-0.2, 0) is 11.3 Å². The topological polar surface area (TPSA) is 44.8 Å². The zero-order valence-corrected chi connectivity index (χ0v) is 11.8. The van der Waals surface area contributed by atoms with E-state index in [1.54, 1.807) is 0 Å². The molecule has 0 unspecified atom stereocenters. The van der Waals surface area contributed by atoms with Gasteiger partial charge in [0.15, 0.2) is 11.5 Å². The first kappa shape index (κ1) is 15.8. The molecule has 0 bridgehead atoms. The van der Waals surface area contributed by atoms with Gasteiger partial charge in [0, 0.05) is 0 Å². The summed E-state index contributed by atoms with van der Waals surface area (Å²) in [7, 11) is 1.23. The minimum Gasteiger partial charge on any atom is -0.485 e. The summed E-state index contributed by atoms with van der Waals surface area (Å²) in [6.07, 6.45) is 0. The number of hydrogen-bond acceptors (Lipinski definition) is 4. The molecule has 0 aliphatic carbocycles. The monoisotopic (exact) mass is 308 g/mol. The van der Waals surface area contributed by atoms with Crippen molar-refractivity contribution in [3.63, 3.8) is 0 Å². The van der Waals surface area contributed by atoms with Crippen molar-refractivity contribution >= 4 is 5.97 Å². The Labute approximate surface area is 126 Å². The first-order valence-corrected chi connectivity index (χ1v) is 6.44. The molecule has 2 aromatic carbocycles. The number of halogens is 2. The second-order valence-electron chi connectivity index (χ2n) is 4.31. The van der Waals surface area contributed by atoms with Gasteiger partial charge in [-0.05, 0) is 23.8 Å². The van der Waals surface area contributed by atoms with E-state index in [1.807, 2.05) is 30.3 Å². The minimum atomic E-state index is -2.98. The van der Waals surface area contributed by atoms with Crippen molar-refractivity contribution in [2.45, 2.75) is 13.2 Å². The minimum absolute atomic E-state index is 0.0482. The molecular formula is C16H14F2O4. The highest BCUT2D eigenvalue weighted by Gasteiger charge is 2.15. The third kappa shape index (κ3) is 4.18. The molecule has 6 heteroatoms. The standard InChI is InChI=1S/C16H14F2O4/c1-20-15(19)12-7-8-13(22-16(17)18)14(9-12)21-10-11-5-3-2-4-6-11/h2-9,16H,10H2,1H3. The van der Waals surface area contributed by atoms with Gasteiger partial charge in [-0.3, -0.25) is 0 Å². The lowest BCUT2D eigenvalue weighted by Gasteiger charge is -2.13. The van der Waals surface area contributed by atoms with E-state index >= 15 is 0 Å². The summed E-state index contributed by atoms with van der Waals surface area (Å²) in [5.41, 5.74) is 1.04. The van der Waals surface area contributed by atoms with E-state index in [9.17, 15) is 13.6 Å². The van der Waals surface area contributed by atoms with E-state index in [1.165, 1.54) is 25.3 Å². The van der Waals surface area contributed by atoms with E-state index in [-0.39, 0.29) is 23.7 Å². The molecule has 0 atom stereocenters. The second-order valence-corrected chi connectivity index (χ2v) is 4.31. The van der Waals surface area contributed by atoms with Crippen LogP contribution >= 0.6 is 0 Å². The van der Waals surface area contributed by atoms with Crippen molar-refractivity contribution in [1.82, 2.24) is 0 Å². The number of benzene rings is 2. The molecule has 0 fully saturated rings. The lowest BCUT2D eigenvalue weighted by Crippen LogP contribution is -2.07. The maximum atomic E-state index is 12.4. The fourth-order valence-corrected chi connectivity index (χ4v) is 1.79. The lowest BCUT2D eigenvalue weighted by atomic mass is 10.2. The van der Waals surface area contributed by atoms with Crippen LogP contribution in [0.5, 0.6) is 11.5 Å². The Morgan fingerprint density at radius 1 is 1.09 bits per heavy atom. The van der Waals surface area contributed by atoms with E-state index in [2.05, 4.69) is 9.47 Å². The van der Waals surface area contributed by atoms with Crippen molar-refractivity contribution < 1.29 is 27.8 Å². The molecule has 0 N–H and O–H groups in total. The van der Waals surface area contributed by atoms with Gasteiger partial charge in [-0.1, -0.05) is 30.3 Å². The molecule has 0 spiro atoms. The first-order valence-electron chi connectivity index (χ1n) is 6.44. The van der Waals surface area contributed by atoms with E-state index in [0.717, 1.165) is 5.56 Å². The van der Waals surface area contributed by atoms with Crippen LogP contribution in [0.2, 0.25) is 0 Å². The predicted octanol–water partition coefficient (Wildman–Crippen LogP) is 3.65. The van der Waals surface area contributed by atoms with Gasteiger partial charge in [-0.25, -0.2) is 4.79 Å². The van der Waals surface area contributed by atoms with Crippen molar-refractivity contribution in [1.29, 1.82) is 0 Å². The lowest BCUT2D eigenvalue weighted by molar-refractivity contribution is -0.0515. The Balaban J connectivity index is 2.22. The number of rotatable bonds is 6. The highest BCUT2D eigenvalue weighted by Crippen LogP contribution is 2.30. The number of ether oxygens (including phenoxy) is 3. The summed E-state index contributed by atoms with van der Waals surface area (Å²) >= 11 is 0. The van der Waals surface area contributed by atoms with Crippen LogP contribution in [0.25, 0.3) is 0 Å². The quantitative estimate of drug-likeness (QED) is 0.764. The third-order valence-corrected chi connectivity index (χ3v) is 2.82. The van der Waals surface area contributed by atoms with E-state index < -0.39 is 12.6 Å². The highest BCUT2D eigenvalue weighted by molar-refractivity contribution is 5.90. The van der Waals surface area contributed by atoms with Crippen LogP contribution in [0.4, 0.5) is 8.78 Å². The van der Waals surface area contributed by atoms with Gasteiger partial charge in [0.1, 0.15) is 6.61 Å². The van der Waals surface area contributed by atoms with Crippen molar-refractivity contribution in [3.8, 4) is 11.5 Å². The Morgan fingerprint density at radius 3 is 2.45 bits per heavy atom. The number of methoxy groups -OCH3 is 1. The normalized spacial score (nSPS) is 10.4. The van der Waals surface area contributed by atoms with Gasteiger partial charge in [-0.15, -0.1) is 0 Å². The molecule has 0 aromatic heterocycles. The fourth-order valence-electron chi connectivity index (χ4n) is 1.79. The van der Waals surface area contributed by atoms with Gasteiger partial charge >= 0.3 is 12.6 Å². The molecule has 116 valence electrons. The third-order valence-electron chi connectivity index (χ3n) is 2.82. The molecule has 4 nitrogen and oxygen atoms in total. The number of alkyl halides is 2. The van der Waals surface area contributed by atoms with Crippen molar-refractivity contribution in [3.05, 3.63) is 59.7 Å². The summed E-state index contributed by atoms with van der Waals surface area (Å²) in [4.78, 5) is 11.5. The Hall–Kier alpha value is -2.63. The summed E-state index contributed by atoms with van der Waals surface area (Å²) in [6, 6.07) is 13.1. The number of carbonyl (C=O) groups excluding carboxylic acids is 1. The molecule has 0 heterocycles. The SMILES string of the molecule is COC(=O)c1ccc(OC(F)F)c(OCc2ccccc2)c1. The van der Waals surface area contributed by atoms with Crippen LogP contribution < -0.4 is 9.47 Å². The summed E-state index contributed by atoms with van der Waals surface area (Å²) in [6.45, 7) is -2.83. The summed E-state index contributed by atoms with van der Waals surface area (Å²) in [5.74, 6) is -0.682. The zero-order chi connectivity index (χ0) is 15.9. The number of hydrogen-bond donors (Lipinski definition) is 0. The van der Waals surface area contributed by atoms with Gasteiger partial charge in [0.2, 0.25) is 0 Å². The largest absolute Gasteiger partial charge is 0.485 e. The van der Waals surface area contributed by atoms with E-state index in [0.29, 0.717) is 0 Å². The molecule has 2 rings (SSSR count). The molecule has 0 saturated carbocycles. The first-order chi connectivity index (χ1) is 10.6. The van der Waals surface area contributed by atoms with Crippen LogP contribution in [0.1, 0.15) is 15.9 Å². The Morgan fingerprint density at radius 2 is 1.82 bits per heavy atom. The van der Waals surface area contributed by atoms with Gasteiger partial charge in [0.25, 0.3) is 0 Å².